The Morgan fingerprint density at radius 1 is 1.38 bits per heavy atom. The lowest BCUT2D eigenvalue weighted by Crippen LogP contribution is -2.42. The third-order valence-electron chi connectivity index (χ3n) is 5.72. The van der Waals surface area contributed by atoms with Gasteiger partial charge in [-0.25, -0.2) is 18.5 Å². The number of nitrogens with zero attached hydrogens (tertiary/aromatic N) is 3. The van der Waals surface area contributed by atoms with E-state index in [2.05, 4.69) is 20.1 Å². The molecule has 0 spiro atoms. The summed E-state index contributed by atoms with van der Waals surface area (Å²) in [5.41, 5.74) is -0.144. The second-order valence-electron chi connectivity index (χ2n) is 8.50. The summed E-state index contributed by atoms with van der Waals surface area (Å²) in [6.45, 7) is 3.43. The molecule has 13 heteroatoms. The molecule has 1 aliphatic heterocycles. The fourth-order valence-electron chi connectivity index (χ4n) is 4.13. The molecular formula is C19H24F4N6O2S. The highest BCUT2D eigenvalue weighted by Crippen LogP contribution is 2.48. The van der Waals surface area contributed by atoms with E-state index in [4.69, 9.17) is 5.14 Å². The molecule has 8 nitrogen and oxygen atoms in total. The Morgan fingerprint density at radius 3 is 2.62 bits per heavy atom. The minimum absolute atomic E-state index is 0.00649. The first-order valence-electron chi connectivity index (χ1n) is 10.3. The number of rotatable bonds is 4. The summed E-state index contributed by atoms with van der Waals surface area (Å²) in [6.07, 6.45) is -0.822. The molecule has 4 N–H and O–H groups in total. The van der Waals surface area contributed by atoms with Gasteiger partial charge in [0.2, 0.25) is 5.03 Å². The number of dihydropyridines is 1. The van der Waals surface area contributed by atoms with Crippen LogP contribution in [0.25, 0.3) is 0 Å². The Hall–Kier alpha value is -2.41. The highest BCUT2D eigenvalue weighted by Gasteiger charge is 2.47. The second-order valence-corrected chi connectivity index (χ2v) is 10.2. The molecule has 0 radical (unpaired) electrons. The number of carbonyl (C=O) groups excluding carboxylic acids is 1. The topological polar surface area (TPSA) is 114 Å². The third kappa shape index (κ3) is 4.27. The van der Waals surface area contributed by atoms with Gasteiger partial charge in [0.1, 0.15) is 5.70 Å². The van der Waals surface area contributed by atoms with Crippen molar-refractivity contribution in [2.24, 2.45) is 15.4 Å². The van der Waals surface area contributed by atoms with Gasteiger partial charge in [-0.3, -0.25) is 4.68 Å². The van der Waals surface area contributed by atoms with Crippen molar-refractivity contribution in [3.8, 4) is 0 Å². The molecule has 0 aromatic carbocycles. The van der Waals surface area contributed by atoms with E-state index in [0.29, 0.717) is 37.7 Å². The molecule has 1 aromatic rings. The van der Waals surface area contributed by atoms with Crippen LogP contribution in [0.2, 0.25) is 0 Å². The van der Waals surface area contributed by atoms with Gasteiger partial charge in [0, 0.05) is 23.4 Å². The number of hydrogen-bond acceptors (Lipinski definition) is 4. The van der Waals surface area contributed by atoms with Gasteiger partial charge < -0.3 is 10.6 Å². The fraction of sp³-hybridized carbons (Fsp3) is 0.579. The average Bonchev–Trinajstić information content (AvgIpc) is 3.23. The molecule has 2 saturated carbocycles. The molecule has 2 aliphatic carbocycles. The number of hydrogen-bond donors (Lipinski definition) is 3. The first kappa shape index (κ1) is 22.8. The lowest BCUT2D eigenvalue weighted by molar-refractivity contribution is -0.0988. The summed E-state index contributed by atoms with van der Waals surface area (Å²) in [4.78, 5) is 12.6. The van der Waals surface area contributed by atoms with Crippen molar-refractivity contribution in [2.75, 3.05) is 0 Å². The first-order chi connectivity index (χ1) is 14.9. The van der Waals surface area contributed by atoms with Crippen LogP contribution in [-0.4, -0.2) is 32.2 Å². The van der Waals surface area contributed by atoms with Gasteiger partial charge >= 0.3 is 12.2 Å². The second kappa shape index (κ2) is 7.87. The van der Waals surface area contributed by atoms with Gasteiger partial charge in [-0.05, 0) is 57.4 Å². The number of alkyl halides is 3. The van der Waals surface area contributed by atoms with Gasteiger partial charge in [0.15, 0.2) is 15.7 Å². The largest absolute Gasteiger partial charge is 0.431 e. The summed E-state index contributed by atoms with van der Waals surface area (Å²) in [7, 11) is -4.06. The maximum Gasteiger partial charge on any atom is 0.431 e. The number of nitrogens with two attached hydrogens (primary N) is 1. The summed E-state index contributed by atoms with van der Waals surface area (Å²) in [5, 5.41) is 13.8. The van der Waals surface area contributed by atoms with E-state index in [9.17, 15) is 26.6 Å². The molecule has 0 bridgehead atoms. The van der Waals surface area contributed by atoms with E-state index < -0.39 is 44.7 Å². The monoisotopic (exact) mass is 476 g/mol. The number of amides is 2. The number of fused-ring (bicyclic) bond motifs is 1. The maximum atomic E-state index is 14.2. The van der Waals surface area contributed by atoms with E-state index in [-0.39, 0.29) is 23.2 Å². The van der Waals surface area contributed by atoms with Crippen molar-refractivity contribution >= 4 is 15.9 Å². The molecule has 176 valence electrons. The zero-order chi connectivity index (χ0) is 23.4. The van der Waals surface area contributed by atoms with Crippen molar-refractivity contribution in [3.63, 3.8) is 0 Å². The van der Waals surface area contributed by atoms with Crippen LogP contribution in [-0.2, 0) is 9.92 Å². The number of carbonyl (C=O) groups is 1. The number of nitrogens with one attached hydrogen (secondary N) is 2. The highest BCUT2D eigenvalue weighted by atomic mass is 32.2. The molecule has 2 heterocycles. The molecule has 2 amide bonds. The number of allylic oxidation sites excluding steroid dienone is 2. The van der Waals surface area contributed by atoms with Crippen molar-refractivity contribution in [3.05, 3.63) is 34.6 Å². The van der Waals surface area contributed by atoms with Crippen LogP contribution < -0.4 is 15.8 Å². The quantitative estimate of drug-likeness (QED) is 0.576. The summed E-state index contributed by atoms with van der Waals surface area (Å²) in [6, 6.07) is -2.01. The zero-order valence-electron chi connectivity index (χ0n) is 17.5. The fourth-order valence-corrected chi connectivity index (χ4v) is 5.05. The van der Waals surface area contributed by atoms with E-state index in [1.807, 2.05) is 0 Å². The molecule has 2 unspecified atom stereocenters. The van der Waals surface area contributed by atoms with Crippen molar-refractivity contribution in [1.29, 1.82) is 0 Å². The summed E-state index contributed by atoms with van der Waals surface area (Å²) in [5.74, 6) is -1.33. The van der Waals surface area contributed by atoms with Crippen LogP contribution in [0.3, 0.4) is 0 Å². The summed E-state index contributed by atoms with van der Waals surface area (Å²) >= 11 is 0. The van der Waals surface area contributed by atoms with Crippen molar-refractivity contribution in [2.45, 2.75) is 69.2 Å². The third-order valence-corrected chi connectivity index (χ3v) is 6.99. The Morgan fingerprint density at radius 2 is 2.06 bits per heavy atom. The van der Waals surface area contributed by atoms with E-state index >= 15 is 0 Å². The molecule has 2 atom stereocenters. The van der Waals surface area contributed by atoms with E-state index in [1.165, 1.54) is 4.68 Å². The zero-order valence-corrected chi connectivity index (χ0v) is 18.3. The Balaban J connectivity index is 1.71. The number of halogens is 4. The maximum absolute atomic E-state index is 14.2. The van der Waals surface area contributed by atoms with E-state index in [0.717, 1.165) is 6.20 Å². The van der Waals surface area contributed by atoms with Crippen molar-refractivity contribution < 1.29 is 26.6 Å². The van der Waals surface area contributed by atoms with Crippen LogP contribution in [0.4, 0.5) is 22.4 Å². The molecule has 32 heavy (non-hydrogen) atoms. The Labute approximate surface area is 182 Å². The first-order valence-corrected chi connectivity index (χ1v) is 11.9. The van der Waals surface area contributed by atoms with Gasteiger partial charge in [-0.1, -0.05) is 0 Å². The van der Waals surface area contributed by atoms with Crippen LogP contribution in [0.1, 0.15) is 52.0 Å². The lowest BCUT2D eigenvalue weighted by Gasteiger charge is -2.32. The molecule has 0 saturated heterocycles. The Kier molecular flexibility index (Phi) is 5.60. The average molecular weight is 477 g/mol. The number of urea groups is 1. The predicted octanol–water partition coefficient (Wildman–Crippen LogP) is 3.65. The van der Waals surface area contributed by atoms with E-state index in [1.54, 1.807) is 13.8 Å². The molecule has 3 aliphatic rings. The van der Waals surface area contributed by atoms with Gasteiger partial charge in [-0.15, -0.1) is 4.36 Å². The number of aromatic nitrogens is 2. The normalized spacial score (nSPS) is 23.2. The molecular weight excluding hydrogens is 452 g/mol. The van der Waals surface area contributed by atoms with Crippen LogP contribution >= 0.6 is 0 Å². The van der Waals surface area contributed by atoms with Gasteiger partial charge in [-0.2, -0.15) is 18.3 Å². The van der Waals surface area contributed by atoms with Gasteiger partial charge in [0.25, 0.3) is 0 Å². The molecule has 4 rings (SSSR count). The van der Waals surface area contributed by atoms with Gasteiger partial charge in [0.05, 0.1) is 6.20 Å². The van der Waals surface area contributed by atoms with Crippen LogP contribution in [0.5, 0.6) is 0 Å². The summed E-state index contributed by atoms with van der Waals surface area (Å²) < 4.78 is 72.9. The lowest BCUT2D eigenvalue weighted by atomic mass is 9.92. The minimum atomic E-state index is -4.62. The SMILES string of the molecule is CC(C)n1cc(F)c(S(N)(=O)=NC(=O)NC2=C3CCCC3NC(C(F)(F)F)=C2C2CC2)n1. The van der Waals surface area contributed by atoms with Crippen molar-refractivity contribution in [1.82, 2.24) is 20.4 Å². The van der Waals surface area contributed by atoms with Crippen LogP contribution in [0, 0.1) is 11.7 Å². The minimum Gasteiger partial charge on any atom is -0.374 e. The van der Waals surface area contributed by atoms with Crippen LogP contribution in [0.15, 0.2) is 38.1 Å². The molecule has 2 fully saturated rings. The smallest absolute Gasteiger partial charge is 0.374 e. The Bertz CT molecular complexity index is 1140. The standard InChI is InChI=1S/C19H24F4N6O2S/c1-9(2)29-8-12(20)17(27-29)32(24,31)28-18(30)26-15-11-4-3-5-13(11)25-16(19(21,22)23)14(15)10-6-7-10/h8-10,13,25H,3-7H2,1-2H3,(H3,24,26,28,30,31). The predicted molar refractivity (Wildman–Crippen MR) is 108 cm³/mol. The molecule has 1 aromatic heterocycles. The highest BCUT2D eigenvalue weighted by molar-refractivity contribution is 7.91.